The first-order valence-electron chi connectivity index (χ1n) is 9.07. The van der Waals surface area contributed by atoms with Crippen molar-refractivity contribution < 1.29 is 33.4 Å². The largest absolute Gasteiger partial charge is 0.497 e. The van der Waals surface area contributed by atoms with Crippen molar-refractivity contribution in [3.05, 3.63) is 59.7 Å². The predicted octanol–water partition coefficient (Wildman–Crippen LogP) is 1.78. The number of nitrogens with one attached hydrogen (secondary N) is 2. The van der Waals surface area contributed by atoms with Crippen LogP contribution in [0.25, 0.3) is 0 Å². The molecule has 0 aliphatic rings. The van der Waals surface area contributed by atoms with Crippen LogP contribution in [0.2, 0.25) is 0 Å². The number of hydrogen-bond donors (Lipinski definition) is 2. The van der Waals surface area contributed by atoms with Gasteiger partial charge in [0, 0.05) is 11.3 Å². The van der Waals surface area contributed by atoms with Gasteiger partial charge in [0.1, 0.15) is 12.3 Å². The van der Waals surface area contributed by atoms with Gasteiger partial charge in [0.25, 0.3) is 11.8 Å². The number of esters is 2. The summed E-state index contributed by atoms with van der Waals surface area (Å²) in [5.41, 5.74) is 1.14. The van der Waals surface area contributed by atoms with Gasteiger partial charge in [-0.1, -0.05) is 0 Å². The molecule has 0 bridgehead atoms. The molecule has 0 radical (unpaired) electrons. The van der Waals surface area contributed by atoms with E-state index in [1.807, 2.05) is 0 Å². The van der Waals surface area contributed by atoms with Crippen molar-refractivity contribution in [1.82, 2.24) is 5.32 Å². The third-order valence-electron chi connectivity index (χ3n) is 3.79. The lowest BCUT2D eigenvalue weighted by Gasteiger charge is -2.08. The first-order chi connectivity index (χ1) is 14.4. The Morgan fingerprint density at radius 1 is 0.867 bits per heavy atom. The van der Waals surface area contributed by atoms with Crippen LogP contribution in [-0.2, 0) is 19.1 Å². The summed E-state index contributed by atoms with van der Waals surface area (Å²) >= 11 is 0. The molecular weight excluding hydrogens is 392 g/mol. The fourth-order valence-corrected chi connectivity index (χ4v) is 2.30. The summed E-state index contributed by atoms with van der Waals surface area (Å²) in [6, 6.07) is 12.4. The van der Waals surface area contributed by atoms with Crippen LogP contribution in [0.4, 0.5) is 5.69 Å². The number of carbonyl (C=O) groups excluding carboxylic acids is 4. The molecule has 0 heterocycles. The Hall–Kier alpha value is -3.88. The topological polar surface area (TPSA) is 120 Å². The first kappa shape index (κ1) is 22.4. The van der Waals surface area contributed by atoms with E-state index in [0.717, 1.165) is 0 Å². The van der Waals surface area contributed by atoms with Gasteiger partial charge in [-0.05, 0) is 55.5 Å². The Morgan fingerprint density at radius 3 is 2.10 bits per heavy atom. The smallest absolute Gasteiger partial charge is 0.338 e. The second kappa shape index (κ2) is 11.2. The maximum absolute atomic E-state index is 12.0. The molecule has 0 spiro atoms. The van der Waals surface area contributed by atoms with E-state index in [1.54, 1.807) is 31.2 Å². The van der Waals surface area contributed by atoms with E-state index in [1.165, 1.54) is 31.4 Å². The van der Waals surface area contributed by atoms with E-state index >= 15 is 0 Å². The number of amides is 2. The van der Waals surface area contributed by atoms with Gasteiger partial charge in [-0.15, -0.1) is 0 Å². The van der Waals surface area contributed by atoms with Crippen LogP contribution >= 0.6 is 0 Å². The van der Waals surface area contributed by atoms with Gasteiger partial charge < -0.3 is 24.8 Å². The molecule has 0 aliphatic carbocycles. The van der Waals surface area contributed by atoms with Crippen molar-refractivity contribution in [2.24, 2.45) is 0 Å². The minimum Gasteiger partial charge on any atom is -0.497 e. The summed E-state index contributed by atoms with van der Waals surface area (Å²) < 4.78 is 14.7. The highest BCUT2D eigenvalue weighted by atomic mass is 16.5. The Labute approximate surface area is 173 Å². The summed E-state index contributed by atoms with van der Waals surface area (Å²) in [4.78, 5) is 47.2. The molecule has 0 fully saturated rings. The van der Waals surface area contributed by atoms with Crippen molar-refractivity contribution in [3.63, 3.8) is 0 Å². The summed E-state index contributed by atoms with van der Waals surface area (Å²) in [6.07, 6.45) is 0. The number of methoxy groups -OCH3 is 1. The Kier molecular flexibility index (Phi) is 8.37. The minimum atomic E-state index is -0.760. The summed E-state index contributed by atoms with van der Waals surface area (Å²) in [7, 11) is 1.51. The highest BCUT2D eigenvalue weighted by molar-refractivity contribution is 5.97. The lowest BCUT2D eigenvalue weighted by atomic mass is 10.2. The van der Waals surface area contributed by atoms with Crippen LogP contribution in [0, 0.1) is 0 Å². The number of ether oxygens (including phenoxy) is 3. The fraction of sp³-hybridized carbons (Fsp3) is 0.238. The second-order valence-electron chi connectivity index (χ2n) is 5.92. The van der Waals surface area contributed by atoms with Crippen LogP contribution in [0.15, 0.2) is 48.5 Å². The van der Waals surface area contributed by atoms with Gasteiger partial charge in [-0.3, -0.25) is 14.4 Å². The summed E-state index contributed by atoms with van der Waals surface area (Å²) in [6.45, 7) is 1.07. The highest BCUT2D eigenvalue weighted by Crippen LogP contribution is 2.11. The van der Waals surface area contributed by atoms with Gasteiger partial charge in [0.15, 0.2) is 6.61 Å². The molecule has 0 atom stereocenters. The van der Waals surface area contributed by atoms with E-state index in [2.05, 4.69) is 10.6 Å². The Morgan fingerprint density at radius 2 is 1.50 bits per heavy atom. The SMILES string of the molecule is CCOC(=O)c1ccc(NC(=O)COC(=O)CNC(=O)c2ccc(OC)cc2)cc1. The number of rotatable bonds is 9. The van der Waals surface area contributed by atoms with Crippen LogP contribution in [0.1, 0.15) is 27.6 Å². The van der Waals surface area contributed by atoms with Gasteiger partial charge in [0.2, 0.25) is 0 Å². The van der Waals surface area contributed by atoms with Gasteiger partial charge in [-0.2, -0.15) is 0 Å². The van der Waals surface area contributed by atoms with E-state index < -0.39 is 30.4 Å². The number of hydrogen-bond acceptors (Lipinski definition) is 7. The zero-order chi connectivity index (χ0) is 21.9. The molecule has 30 heavy (non-hydrogen) atoms. The highest BCUT2D eigenvalue weighted by Gasteiger charge is 2.12. The predicted molar refractivity (Wildman–Crippen MR) is 107 cm³/mol. The Balaban J connectivity index is 1.72. The zero-order valence-electron chi connectivity index (χ0n) is 16.6. The monoisotopic (exact) mass is 414 g/mol. The molecule has 0 unspecified atom stereocenters. The molecule has 2 N–H and O–H groups in total. The zero-order valence-corrected chi connectivity index (χ0v) is 16.6. The second-order valence-corrected chi connectivity index (χ2v) is 5.92. The molecule has 2 aromatic rings. The van der Waals surface area contributed by atoms with Crippen LogP contribution in [-0.4, -0.2) is 50.6 Å². The van der Waals surface area contributed by atoms with Crippen LogP contribution in [0.5, 0.6) is 5.75 Å². The third kappa shape index (κ3) is 6.93. The molecule has 158 valence electrons. The van der Waals surface area contributed by atoms with E-state index in [9.17, 15) is 19.2 Å². The standard InChI is InChI=1S/C21H22N2O7/c1-3-29-21(27)15-4-8-16(9-5-15)23-18(24)13-30-19(25)12-22-20(26)14-6-10-17(28-2)11-7-14/h4-11H,3,12-13H2,1-2H3,(H,22,26)(H,23,24). The van der Waals surface area contributed by atoms with Crippen molar-refractivity contribution >= 4 is 29.4 Å². The summed E-state index contributed by atoms with van der Waals surface area (Å²) in [5, 5.41) is 4.94. The Bertz CT molecular complexity index is 893. The number of anilines is 1. The fourth-order valence-electron chi connectivity index (χ4n) is 2.30. The number of carbonyl (C=O) groups is 4. The quantitative estimate of drug-likeness (QED) is 0.600. The molecule has 0 saturated carbocycles. The molecule has 9 nitrogen and oxygen atoms in total. The molecule has 0 aliphatic heterocycles. The third-order valence-corrected chi connectivity index (χ3v) is 3.79. The van der Waals surface area contributed by atoms with Crippen LogP contribution in [0.3, 0.4) is 0 Å². The van der Waals surface area contributed by atoms with Gasteiger partial charge >= 0.3 is 11.9 Å². The molecular formula is C21H22N2O7. The maximum Gasteiger partial charge on any atom is 0.338 e. The number of benzene rings is 2. The van der Waals surface area contributed by atoms with Crippen molar-refractivity contribution in [2.45, 2.75) is 6.92 Å². The van der Waals surface area contributed by atoms with E-state index in [4.69, 9.17) is 14.2 Å². The normalized spacial score (nSPS) is 9.93. The minimum absolute atomic E-state index is 0.267. The molecule has 0 saturated heterocycles. The van der Waals surface area contributed by atoms with Gasteiger partial charge in [0.05, 0.1) is 19.3 Å². The average molecular weight is 414 g/mol. The maximum atomic E-state index is 12.0. The van der Waals surface area contributed by atoms with Crippen molar-refractivity contribution in [2.75, 3.05) is 32.2 Å². The van der Waals surface area contributed by atoms with Crippen LogP contribution < -0.4 is 15.4 Å². The van der Waals surface area contributed by atoms with Gasteiger partial charge in [-0.25, -0.2) is 4.79 Å². The average Bonchev–Trinajstić information content (AvgIpc) is 2.76. The molecule has 0 aromatic heterocycles. The van der Waals surface area contributed by atoms with E-state index in [0.29, 0.717) is 22.6 Å². The van der Waals surface area contributed by atoms with Crippen molar-refractivity contribution in [3.8, 4) is 5.75 Å². The molecule has 9 heteroatoms. The first-order valence-corrected chi connectivity index (χ1v) is 9.07. The lowest BCUT2D eigenvalue weighted by molar-refractivity contribution is -0.146. The summed E-state index contributed by atoms with van der Waals surface area (Å²) in [5.74, 6) is -1.63. The molecule has 2 aromatic carbocycles. The van der Waals surface area contributed by atoms with Crippen molar-refractivity contribution in [1.29, 1.82) is 0 Å². The molecule has 2 rings (SSSR count). The molecule has 2 amide bonds. The lowest BCUT2D eigenvalue weighted by Crippen LogP contribution is -2.32. The van der Waals surface area contributed by atoms with E-state index in [-0.39, 0.29) is 13.2 Å².